The number of aryl methyl sites for hydroxylation is 1. The van der Waals surface area contributed by atoms with Crippen molar-refractivity contribution in [3.05, 3.63) is 22.7 Å². The van der Waals surface area contributed by atoms with E-state index in [1.165, 1.54) is 0 Å². The molecule has 0 saturated carbocycles. The van der Waals surface area contributed by atoms with Gasteiger partial charge in [0, 0.05) is 30.3 Å². The van der Waals surface area contributed by atoms with Crippen LogP contribution in [-0.2, 0) is 20.7 Å². The number of ether oxygens (including phenoxy) is 2. The highest BCUT2D eigenvalue weighted by Gasteiger charge is 2.36. The quantitative estimate of drug-likeness (QED) is 0.812. The molecule has 4 heterocycles. The van der Waals surface area contributed by atoms with Gasteiger partial charge in [0.15, 0.2) is 6.29 Å². The van der Waals surface area contributed by atoms with Crippen LogP contribution in [0, 0.1) is 0 Å². The van der Waals surface area contributed by atoms with Crippen molar-refractivity contribution in [3.8, 4) is 11.5 Å². The number of rotatable bonds is 5. The van der Waals surface area contributed by atoms with Gasteiger partial charge in [-0.3, -0.25) is 4.79 Å². The van der Waals surface area contributed by atoms with Gasteiger partial charge in [-0.2, -0.15) is 11.3 Å². The number of nitrogens with zero attached hydrogens (tertiary/aromatic N) is 3. The van der Waals surface area contributed by atoms with E-state index in [9.17, 15) is 4.79 Å². The fourth-order valence-corrected chi connectivity index (χ4v) is 3.99. The number of amides is 1. The maximum Gasteiger partial charge on any atom is 0.248 e. The fourth-order valence-electron chi connectivity index (χ4n) is 3.36. The first-order chi connectivity index (χ1) is 12.3. The van der Waals surface area contributed by atoms with Gasteiger partial charge in [0.1, 0.15) is 0 Å². The van der Waals surface area contributed by atoms with Crippen molar-refractivity contribution in [2.24, 2.45) is 0 Å². The van der Waals surface area contributed by atoms with E-state index < -0.39 is 0 Å². The largest absolute Gasteiger partial charge is 0.421 e. The van der Waals surface area contributed by atoms with Gasteiger partial charge in [-0.05, 0) is 30.7 Å². The third-order valence-corrected chi connectivity index (χ3v) is 5.30. The summed E-state index contributed by atoms with van der Waals surface area (Å²) in [7, 11) is 0. The van der Waals surface area contributed by atoms with Crippen molar-refractivity contribution in [1.82, 2.24) is 15.1 Å². The molecule has 0 aromatic carbocycles. The van der Waals surface area contributed by atoms with Crippen LogP contribution in [0.25, 0.3) is 11.5 Å². The highest BCUT2D eigenvalue weighted by Crippen LogP contribution is 2.26. The Hall–Kier alpha value is -1.77. The first-order valence-corrected chi connectivity index (χ1v) is 9.63. The van der Waals surface area contributed by atoms with Gasteiger partial charge >= 0.3 is 0 Å². The lowest BCUT2D eigenvalue weighted by atomic mass is 10.0. The third kappa shape index (κ3) is 3.75. The second kappa shape index (κ2) is 7.63. The van der Waals surface area contributed by atoms with Crippen molar-refractivity contribution in [3.63, 3.8) is 0 Å². The monoisotopic (exact) mass is 363 g/mol. The van der Waals surface area contributed by atoms with E-state index in [-0.39, 0.29) is 18.2 Å². The van der Waals surface area contributed by atoms with Gasteiger partial charge in [-0.1, -0.05) is 0 Å². The van der Waals surface area contributed by atoms with Crippen LogP contribution >= 0.6 is 11.3 Å². The van der Waals surface area contributed by atoms with Gasteiger partial charge in [0.2, 0.25) is 17.7 Å². The van der Waals surface area contributed by atoms with Crippen LogP contribution in [0.15, 0.2) is 21.2 Å². The Morgan fingerprint density at radius 2 is 2.16 bits per heavy atom. The fraction of sp³-hybridized carbons (Fsp3) is 0.588. The van der Waals surface area contributed by atoms with Gasteiger partial charge in [0.25, 0.3) is 0 Å². The first kappa shape index (κ1) is 16.7. The summed E-state index contributed by atoms with van der Waals surface area (Å²) < 4.78 is 16.9. The smallest absolute Gasteiger partial charge is 0.248 e. The van der Waals surface area contributed by atoms with E-state index in [0.717, 1.165) is 31.4 Å². The molecule has 8 heteroatoms. The molecule has 0 spiro atoms. The van der Waals surface area contributed by atoms with Gasteiger partial charge < -0.3 is 18.8 Å². The molecule has 2 saturated heterocycles. The molecule has 0 aliphatic carbocycles. The van der Waals surface area contributed by atoms with Crippen LogP contribution in [0.2, 0.25) is 0 Å². The molecular weight excluding hydrogens is 342 g/mol. The van der Waals surface area contributed by atoms with Crippen molar-refractivity contribution in [2.75, 3.05) is 19.8 Å². The second-order valence-electron chi connectivity index (χ2n) is 6.27. The van der Waals surface area contributed by atoms with E-state index in [0.29, 0.717) is 37.8 Å². The first-order valence-electron chi connectivity index (χ1n) is 8.69. The Kier molecular flexibility index (Phi) is 5.09. The number of aromatic nitrogens is 2. The van der Waals surface area contributed by atoms with E-state index in [4.69, 9.17) is 13.9 Å². The van der Waals surface area contributed by atoms with Crippen molar-refractivity contribution in [2.45, 2.75) is 44.4 Å². The maximum absolute atomic E-state index is 12.7. The molecule has 7 nitrogen and oxygen atoms in total. The summed E-state index contributed by atoms with van der Waals surface area (Å²) >= 11 is 1.58. The van der Waals surface area contributed by atoms with Crippen LogP contribution in [0.1, 0.15) is 31.6 Å². The van der Waals surface area contributed by atoms with Crippen molar-refractivity contribution in [1.29, 1.82) is 0 Å². The lowest BCUT2D eigenvalue weighted by Gasteiger charge is -2.38. The van der Waals surface area contributed by atoms with Crippen LogP contribution in [0.4, 0.5) is 0 Å². The van der Waals surface area contributed by atoms with Gasteiger partial charge in [-0.25, -0.2) is 0 Å². The standard InChI is InChI=1S/C17H21N3O4S/c21-15(20-7-2-1-3-13(20)17-22-8-9-23-17)5-4-14-18-19-16(24-14)12-6-10-25-11-12/h6,10-11,13,17H,1-5,7-9H2. The topological polar surface area (TPSA) is 77.7 Å². The van der Waals surface area contributed by atoms with Crippen LogP contribution in [-0.4, -0.2) is 53.1 Å². The number of carbonyl (C=O) groups excluding carboxylic acids is 1. The molecule has 2 fully saturated rings. The molecule has 2 aliphatic rings. The molecule has 0 bridgehead atoms. The van der Waals surface area contributed by atoms with Crippen LogP contribution in [0.5, 0.6) is 0 Å². The summed E-state index contributed by atoms with van der Waals surface area (Å²) in [5.41, 5.74) is 0.918. The number of hydrogen-bond acceptors (Lipinski definition) is 7. The number of carbonyl (C=O) groups is 1. The summed E-state index contributed by atoms with van der Waals surface area (Å²) in [5.74, 6) is 1.10. The molecule has 0 N–H and O–H groups in total. The number of piperidine rings is 1. The Bertz CT molecular complexity index is 697. The minimum Gasteiger partial charge on any atom is -0.421 e. The second-order valence-corrected chi connectivity index (χ2v) is 7.05. The predicted molar refractivity (Wildman–Crippen MR) is 91.0 cm³/mol. The van der Waals surface area contributed by atoms with E-state index >= 15 is 0 Å². The average Bonchev–Trinajstić information content (AvgIpc) is 3.41. The molecule has 2 aliphatic heterocycles. The van der Waals surface area contributed by atoms with Gasteiger partial charge in [0.05, 0.1) is 19.3 Å². The SMILES string of the molecule is O=C(CCc1nnc(-c2ccsc2)o1)N1CCCCC1C1OCCO1. The lowest BCUT2D eigenvalue weighted by Crippen LogP contribution is -2.50. The Morgan fingerprint density at radius 1 is 1.28 bits per heavy atom. The molecule has 2 aromatic rings. The maximum atomic E-state index is 12.7. The predicted octanol–water partition coefficient (Wildman–Crippen LogP) is 2.48. The van der Waals surface area contributed by atoms with Crippen molar-refractivity contribution < 1.29 is 18.7 Å². The van der Waals surface area contributed by atoms with Crippen molar-refractivity contribution >= 4 is 17.2 Å². The Balaban J connectivity index is 1.36. The minimum atomic E-state index is -0.280. The summed E-state index contributed by atoms with van der Waals surface area (Å²) in [5, 5.41) is 12.0. The highest BCUT2D eigenvalue weighted by molar-refractivity contribution is 7.08. The van der Waals surface area contributed by atoms with E-state index in [2.05, 4.69) is 10.2 Å². The molecular formula is C17H21N3O4S. The van der Waals surface area contributed by atoms with Crippen LogP contribution in [0.3, 0.4) is 0 Å². The zero-order valence-corrected chi connectivity index (χ0v) is 14.7. The van der Waals surface area contributed by atoms with Crippen LogP contribution < -0.4 is 0 Å². The molecule has 0 radical (unpaired) electrons. The number of likely N-dealkylation sites (tertiary alicyclic amines) is 1. The number of hydrogen-bond donors (Lipinski definition) is 0. The zero-order valence-electron chi connectivity index (χ0n) is 13.9. The molecule has 1 atom stereocenters. The summed E-state index contributed by atoms with van der Waals surface area (Å²) in [6, 6.07) is 1.96. The number of thiophene rings is 1. The Morgan fingerprint density at radius 3 is 2.96 bits per heavy atom. The molecule has 1 amide bonds. The highest BCUT2D eigenvalue weighted by atomic mass is 32.1. The summed E-state index contributed by atoms with van der Waals surface area (Å²) in [6.07, 6.45) is 3.58. The zero-order chi connectivity index (χ0) is 17.1. The molecule has 1 unspecified atom stereocenters. The normalized spacial score (nSPS) is 21.8. The van der Waals surface area contributed by atoms with E-state index in [1.807, 2.05) is 21.7 Å². The third-order valence-electron chi connectivity index (χ3n) is 4.62. The molecule has 4 rings (SSSR count). The molecule has 25 heavy (non-hydrogen) atoms. The lowest BCUT2D eigenvalue weighted by molar-refractivity contribution is -0.150. The molecule has 2 aromatic heterocycles. The summed E-state index contributed by atoms with van der Waals surface area (Å²) in [6.45, 7) is 1.98. The Labute approximate surface area is 149 Å². The van der Waals surface area contributed by atoms with E-state index in [1.54, 1.807) is 11.3 Å². The average molecular weight is 363 g/mol. The summed E-state index contributed by atoms with van der Waals surface area (Å²) in [4.78, 5) is 14.6. The van der Waals surface area contributed by atoms with Gasteiger partial charge in [-0.15, -0.1) is 10.2 Å². The minimum absolute atomic E-state index is 0.0211. The molecule has 134 valence electrons.